The fourth-order valence-corrected chi connectivity index (χ4v) is 40.5. The van der Waals surface area contributed by atoms with Crippen molar-refractivity contribution in [2.75, 3.05) is 0 Å². The summed E-state index contributed by atoms with van der Waals surface area (Å²) in [6, 6.07) is 90.1. The van der Waals surface area contributed by atoms with Crippen molar-refractivity contribution in [3.8, 4) is 45.9 Å². The molecule has 0 heterocycles. The monoisotopic (exact) mass is 1880 g/mol. The van der Waals surface area contributed by atoms with Crippen LogP contribution in [0.3, 0.4) is 0 Å². The minimum Gasteiger partial charge on any atom is -0.461 e. The van der Waals surface area contributed by atoms with Gasteiger partial charge < -0.3 is 18.3 Å². The number of carbonyl (C=O) groups excluding carboxylic acids is 2. The molecule has 0 aliphatic heterocycles. The molecule has 0 atom stereocenters. The van der Waals surface area contributed by atoms with Gasteiger partial charge in [0, 0.05) is 35.1 Å². The number of hydrogen-bond acceptors (Lipinski definition) is 6. The van der Waals surface area contributed by atoms with Crippen LogP contribution in [0.25, 0.3) is 86.2 Å². The molecule has 12 heteroatoms. The second kappa shape index (κ2) is 41.1. The van der Waals surface area contributed by atoms with Gasteiger partial charge in [-0.25, -0.2) is 0 Å². The van der Waals surface area contributed by atoms with E-state index in [4.69, 9.17) is 18.3 Å². The predicted octanol–water partition coefficient (Wildman–Crippen LogP) is 31.0. The largest absolute Gasteiger partial charge is 0.461 e. The zero-order valence-electron chi connectivity index (χ0n) is 85.5. The first kappa shape index (κ1) is 100. The lowest BCUT2D eigenvalue weighted by atomic mass is 9.89. The van der Waals surface area contributed by atoms with Gasteiger partial charge in [0.05, 0.1) is 13.2 Å². The number of rotatable bonds is 28. The van der Waals surface area contributed by atoms with Crippen LogP contribution in [0.2, 0.25) is 80.6 Å². The smallest absolute Gasteiger partial charge is 0.306 e. The van der Waals surface area contributed by atoms with Crippen LogP contribution in [0, 0.1) is 45.9 Å². The van der Waals surface area contributed by atoms with E-state index in [2.05, 4.69) is 467 Å². The van der Waals surface area contributed by atoms with Crippen molar-refractivity contribution in [3.05, 3.63) is 287 Å². The van der Waals surface area contributed by atoms with Gasteiger partial charge >= 0.3 is 11.9 Å². The normalized spacial score (nSPS) is 12.8. The number of fused-ring (bicyclic) bond motifs is 8. The molecule has 0 amide bonds. The van der Waals surface area contributed by atoms with E-state index in [-0.39, 0.29) is 70.2 Å². The van der Waals surface area contributed by atoms with E-state index in [0.29, 0.717) is 54.6 Å². The molecule has 0 unspecified atom stereocenters. The molecule has 0 bridgehead atoms. The first-order valence-corrected chi connectivity index (χ1v) is 64.2. The van der Waals surface area contributed by atoms with Crippen LogP contribution in [0.15, 0.2) is 243 Å². The molecule has 0 aromatic heterocycles. The second-order valence-electron chi connectivity index (χ2n) is 44.0. The summed E-state index contributed by atoms with van der Waals surface area (Å²) in [6.07, 6.45) is 2.46. The second-order valence-corrected chi connectivity index (χ2v) is 73.1. The molecule has 0 saturated carbocycles. The molecule has 696 valence electrons. The van der Waals surface area contributed by atoms with Crippen molar-refractivity contribution in [2.45, 2.75) is 291 Å². The Morgan fingerprint density at radius 2 is 0.437 bits per heavy atom. The Morgan fingerprint density at radius 1 is 0.259 bits per heavy atom. The Bertz CT molecular complexity index is 6370. The van der Waals surface area contributed by atoms with Gasteiger partial charge in [-0.05, 0) is 271 Å². The van der Waals surface area contributed by atoms with Gasteiger partial charge in [0.25, 0.3) is 0 Å². The van der Waals surface area contributed by atoms with E-state index in [1.165, 1.54) is 75.0 Å². The molecule has 135 heavy (non-hydrogen) atoms. The first-order chi connectivity index (χ1) is 64.0. The number of benzene rings is 14. The maximum Gasteiger partial charge on any atom is 0.306 e. The van der Waals surface area contributed by atoms with Crippen LogP contribution in [-0.2, 0) is 54.3 Å². The van der Waals surface area contributed by atoms with Crippen LogP contribution in [0.5, 0.6) is 0 Å². The molecule has 0 N–H and O–H groups in total. The van der Waals surface area contributed by atoms with Gasteiger partial charge in [-0.1, -0.05) is 377 Å². The molecule has 0 fully saturated rings. The van der Waals surface area contributed by atoms with Gasteiger partial charge in [0.15, 0.2) is 48.9 Å². The fraction of sp³-hybridized carbons (Fsp3) is 0.366. The third-order valence-corrected chi connectivity index (χ3v) is 62.0. The summed E-state index contributed by atoms with van der Waals surface area (Å²) in [4.78, 5) is 27.0. The SMILES string of the molecule is CC(C)[Si](C#Cc1c2cc3ccccc3cc2c(C#C[Si](c2ccc(CO[Si](C)(C)C(C)(C)C)cc2)(C(C)C)C(C)C)c2cc3ccccc3cc12)(c1ccc(COC(=O)CCCCCC(=O)OCc2ccc([Si](C#Cc3c4cc5ccccc5cc4c(C#C[Si](c4ccc(CO[Si](C)(C)C(C)(C)C)cc4)(C(C)C)C(C)C)c4cc5ccccc5cc34)(C(C)C)C(C)C)cc2)cc1)C(C)C. The van der Waals surface area contributed by atoms with Gasteiger partial charge in [0.2, 0.25) is 0 Å². The Labute approximate surface area is 814 Å². The highest BCUT2D eigenvalue weighted by Gasteiger charge is 2.46. The number of hydrogen-bond donors (Lipinski definition) is 0. The average molecular weight is 1890 g/mol. The molecule has 14 aromatic rings. The van der Waals surface area contributed by atoms with Crippen molar-refractivity contribution in [1.82, 2.24) is 0 Å². The van der Waals surface area contributed by atoms with E-state index in [1.807, 2.05) is 0 Å². The molecule has 0 aliphatic carbocycles. The third kappa shape index (κ3) is 20.6. The highest BCUT2D eigenvalue weighted by atomic mass is 28.4. The number of carbonyl (C=O) groups is 2. The highest BCUT2D eigenvalue weighted by Crippen LogP contribution is 2.45. The molecular formula is C123H144O6Si6. The molecule has 14 aromatic carbocycles. The van der Waals surface area contributed by atoms with E-state index >= 15 is 0 Å². The quantitative estimate of drug-likeness (QED) is 0.0160. The van der Waals surface area contributed by atoms with Gasteiger partial charge in [-0.3, -0.25) is 9.59 Å². The van der Waals surface area contributed by atoms with Crippen molar-refractivity contribution in [2.24, 2.45) is 0 Å². The van der Waals surface area contributed by atoms with Crippen LogP contribution < -0.4 is 20.7 Å². The number of ether oxygens (including phenoxy) is 2. The zero-order valence-corrected chi connectivity index (χ0v) is 91.5. The van der Waals surface area contributed by atoms with Crippen LogP contribution >= 0.6 is 0 Å². The molecule has 0 spiro atoms. The Morgan fingerprint density at radius 3 is 0.607 bits per heavy atom. The zero-order chi connectivity index (χ0) is 97.1. The van der Waals surface area contributed by atoms with Crippen molar-refractivity contribution >= 4 is 168 Å². The van der Waals surface area contributed by atoms with Crippen molar-refractivity contribution in [3.63, 3.8) is 0 Å². The summed E-state index contributed by atoms with van der Waals surface area (Å²) in [5, 5.41) is 23.9. The van der Waals surface area contributed by atoms with Crippen LogP contribution in [0.4, 0.5) is 0 Å². The molecule has 0 saturated heterocycles. The summed E-state index contributed by atoms with van der Waals surface area (Å²) in [6.45, 7) is 62.7. The maximum absolute atomic E-state index is 13.5. The Hall–Kier alpha value is -10.4. The first-order valence-electron chi connectivity index (χ1n) is 49.8. The summed E-state index contributed by atoms with van der Waals surface area (Å²) < 4.78 is 25.4. The standard InChI is InChI=1S/C123H144O6Si6/c1-84(2)132(85(3)4,68-64-108-112-72-96-38-30-34-42-100(96)76-116(112)110(117-77-101-43-35-31-39-97(101)73-113(108)117)66-70-134(88(9)10,89(11)12)106-60-52-94(53-61-106)82-128-130(23,24)122(17,18)19)104-56-48-92(49-57-104)80-126-120(124)46-28-27-29-47-121(125)127-81-93-50-58-105(59-51-93)133(86(5)6,87(7)8)69-65-109-114-74-98-40-32-36-44-102(98)78-118(114)111(119-79-103-45-37-33-41-99(103)75-115(109)119)67-71-135(90(13)14,91(15)16)107-62-54-95(55-63-107)83-129-131(25,26)123(20,21)22/h30-45,48-63,72-79,84-91H,27-29,46-47,80-83H2,1-26H3. The lowest BCUT2D eigenvalue weighted by molar-refractivity contribution is -0.145. The Kier molecular flexibility index (Phi) is 30.6. The number of esters is 2. The van der Waals surface area contributed by atoms with E-state index < -0.39 is 48.9 Å². The molecule has 6 nitrogen and oxygen atoms in total. The van der Waals surface area contributed by atoms with E-state index in [0.717, 1.165) is 76.5 Å². The highest BCUT2D eigenvalue weighted by molar-refractivity contribution is 7.02. The molecule has 0 aliphatic rings. The average Bonchev–Trinajstić information content (AvgIpc) is 0.728. The van der Waals surface area contributed by atoms with Crippen LogP contribution in [0.1, 0.15) is 229 Å². The summed E-state index contributed by atoms with van der Waals surface area (Å²) in [7, 11) is -14.3. The van der Waals surface area contributed by atoms with Crippen molar-refractivity contribution in [1.29, 1.82) is 0 Å². The van der Waals surface area contributed by atoms with Gasteiger partial charge in [-0.2, -0.15) is 0 Å². The lowest BCUT2D eigenvalue weighted by Crippen LogP contribution is -2.52. The van der Waals surface area contributed by atoms with E-state index in [9.17, 15) is 9.59 Å². The van der Waals surface area contributed by atoms with Gasteiger partial charge in [0.1, 0.15) is 13.2 Å². The number of unbranched alkanes of at least 4 members (excludes halogenated alkanes) is 2. The predicted molar refractivity (Wildman–Crippen MR) is 595 cm³/mol. The van der Waals surface area contributed by atoms with E-state index in [1.54, 1.807) is 0 Å². The van der Waals surface area contributed by atoms with Crippen molar-refractivity contribution < 1.29 is 27.9 Å². The van der Waals surface area contributed by atoms with Gasteiger partial charge in [-0.15, -0.1) is 22.2 Å². The van der Waals surface area contributed by atoms with Crippen LogP contribution in [-0.4, -0.2) is 60.9 Å². The minimum atomic E-state index is -2.67. The molecule has 14 rings (SSSR count). The molecular weight excluding hydrogens is 1740 g/mol. The Balaban J connectivity index is 0.654. The summed E-state index contributed by atoms with van der Waals surface area (Å²) in [5.41, 5.74) is 27.8. The fourth-order valence-electron chi connectivity index (χ4n) is 20.8. The summed E-state index contributed by atoms with van der Waals surface area (Å²) in [5.74, 6) is 15.8. The summed E-state index contributed by atoms with van der Waals surface area (Å²) >= 11 is 0. The molecule has 0 radical (unpaired) electrons. The third-order valence-electron chi connectivity index (χ3n) is 31.2. The minimum absolute atomic E-state index is 0.133. The lowest BCUT2D eigenvalue weighted by Gasteiger charge is -2.36. The maximum atomic E-state index is 13.5. The topological polar surface area (TPSA) is 71.1 Å².